The minimum absolute atomic E-state index is 0.337. The van der Waals surface area contributed by atoms with Crippen molar-refractivity contribution in [3.8, 4) is 0 Å². The SMILES string of the molecule is CCCCCCc1ccc(C(=O)OOC2(OC(=O)OC3(OOC(=O)c4ccc(CCCCCC)cc4)CCCCCCCCCCC3)CCCCCCCCCCC2)cc1. The number of carbonyl (C=O) groups excluding carboxylic acids is 3. The molecule has 0 amide bonds. The van der Waals surface area contributed by atoms with Gasteiger partial charge in [-0.05, 0) is 86.8 Å². The third-order valence-corrected chi connectivity index (χ3v) is 12.3. The van der Waals surface area contributed by atoms with Gasteiger partial charge in [0.15, 0.2) is 0 Å². The number of aryl methyl sites for hydroxylation is 2. The molecule has 60 heavy (non-hydrogen) atoms. The molecule has 0 atom stereocenters. The molecule has 2 saturated carbocycles. The first-order chi connectivity index (χ1) is 29.4. The highest BCUT2D eigenvalue weighted by Gasteiger charge is 2.44. The molecule has 2 fully saturated rings. The Morgan fingerprint density at radius 1 is 0.417 bits per heavy atom. The molecule has 0 unspecified atom stereocenters. The molecule has 0 N–H and O–H groups in total. The highest BCUT2D eigenvalue weighted by Crippen LogP contribution is 2.35. The molecule has 0 spiro atoms. The van der Waals surface area contributed by atoms with Gasteiger partial charge < -0.3 is 9.47 Å². The summed E-state index contributed by atoms with van der Waals surface area (Å²) in [4.78, 5) is 64.2. The second-order valence-corrected chi connectivity index (χ2v) is 17.6. The van der Waals surface area contributed by atoms with Crippen LogP contribution in [0, 0.1) is 0 Å². The van der Waals surface area contributed by atoms with E-state index in [0.29, 0.717) is 62.5 Å². The van der Waals surface area contributed by atoms with Crippen molar-refractivity contribution >= 4 is 18.1 Å². The van der Waals surface area contributed by atoms with E-state index in [1.165, 1.54) is 62.5 Å². The van der Waals surface area contributed by atoms with Crippen LogP contribution in [-0.2, 0) is 41.9 Å². The van der Waals surface area contributed by atoms with Gasteiger partial charge in [0.25, 0.3) is 11.6 Å². The first kappa shape index (κ1) is 49.2. The second-order valence-electron chi connectivity index (χ2n) is 17.6. The number of rotatable bonds is 18. The summed E-state index contributed by atoms with van der Waals surface area (Å²) in [5.41, 5.74) is 3.07. The molecule has 0 radical (unpaired) electrons. The van der Waals surface area contributed by atoms with E-state index in [2.05, 4.69) is 13.8 Å². The van der Waals surface area contributed by atoms with Gasteiger partial charge in [-0.3, -0.25) is 9.78 Å². The monoisotopic (exact) mass is 835 g/mol. The molecule has 2 aliphatic carbocycles. The average Bonchev–Trinajstić information content (AvgIpc) is 3.25. The Labute approximate surface area is 362 Å². The third kappa shape index (κ3) is 19.1. The van der Waals surface area contributed by atoms with Crippen LogP contribution in [0.5, 0.6) is 0 Å². The van der Waals surface area contributed by atoms with Crippen molar-refractivity contribution < 1.29 is 43.4 Å². The molecular formula is C51H78O9. The Kier molecular flexibility index (Phi) is 23.8. The van der Waals surface area contributed by atoms with Gasteiger partial charge in [0.1, 0.15) is 0 Å². The van der Waals surface area contributed by atoms with Crippen molar-refractivity contribution in [2.24, 2.45) is 0 Å². The van der Waals surface area contributed by atoms with Crippen LogP contribution in [0.25, 0.3) is 0 Å². The van der Waals surface area contributed by atoms with Crippen LogP contribution in [0.4, 0.5) is 4.79 Å². The van der Waals surface area contributed by atoms with Crippen LogP contribution >= 0.6 is 0 Å². The lowest BCUT2D eigenvalue weighted by Gasteiger charge is -2.35. The fraction of sp³-hybridized carbons (Fsp3) is 0.706. The number of carbonyl (C=O) groups is 3. The van der Waals surface area contributed by atoms with E-state index >= 15 is 0 Å². The van der Waals surface area contributed by atoms with Crippen molar-refractivity contribution in [1.82, 2.24) is 0 Å². The Balaban J connectivity index is 1.51. The molecule has 0 saturated heterocycles. The van der Waals surface area contributed by atoms with Gasteiger partial charge in [-0.2, -0.15) is 0 Å². The third-order valence-electron chi connectivity index (χ3n) is 12.3. The zero-order valence-electron chi connectivity index (χ0n) is 37.4. The summed E-state index contributed by atoms with van der Waals surface area (Å²) in [5.74, 6) is -4.42. The second kappa shape index (κ2) is 29.0. The maximum atomic E-state index is 14.2. The van der Waals surface area contributed by atoms with E-state index < -0.39 is 29.7 Å². The van der Waals surface area contributed by atoms with Gasteiger partial charge in [0.05, 0.1) is 11.1 Å². The lowest BCUT2D eigenvalue weighted by atomic mass is 9.97. The Morgan fingerprint density at radius 3 is 1.02 bits per heavy atom. The van der Waals surface area contributed by atoms with Crippen molar-refractivity contribution in [3.63, 3.8) is 0 Å². The van der Waals surface area contributed by atoms with E-state index in [1.807, 2.05) is 24.3 Å². The summed E-state index contributed by atoms with van der Waals surface area (Å²) >= 11 is 0. The van der Waals surface area contributed by atoms with Crippen molar-refractivity contribution in [2.75, 3.05) is 0 Å². The molecule has 0 aliphatic heterocycles. The Hall–Kier alpha value is -3.43. The van der Waals surface area contributed by atoms with Gasteiger partial charge in [-0.1, -0.05) is 167 Å². The van der Waals surface area contributed by atoms with E-state index in [0.717, 1.165) is 103 Å². The average molecular weight is 835 g/mol. The first-order valence-corrected chi connectivity index (χ1v) is 24.3. The van der Waals surface area contributed by atoms with Gasteiger partial charge >= 0.3 is 18.1 Å². The molecule has 0 bridgehead atoms. The van der Waals surface area contributed by atoms with Crippen LogP contribution in [0.1, 0.15) is 238 Å². The van der Waals surface area contributed by atoms with Gasteiger partial charge in [0.2, 0.25) is 0 Å². The van der Waals surface area contributed by atoms with E-state index in [9.17, 15) is 14.4 Å². The fourth-order valence-corrected chi connectivity index (χ4v) is 8.48. The van der Waals surface area contributed by atoms with Gasteiger partial charge in [0, 0.05) is 25.7 Å². The predicted molar refractivity (Wildman–Crippen MR) is 236 cm³/mol. The van der Waals surface area contributed by atoms with Crippen molar-refractivity contribution in [2.45, 2.75) is 231 Å². The van der Waals surface area contributed by atoms with Crippen molar-refractivity contribution in [3.05, 3.63) is 70.8 Å². The summed E-state index contributed by atoms with van der Waals surface area (Å²) in [7, 11) is 0. The highest BCUT2D eigenvalue weighted by atomic mass is 17.3. The molecule has 2 aliphatic rings. The number of hydrogen-bond donors (Lipinski definition) is 0. The fourth-order valence-electron chi connectivity index (χ4n) is 8.48. The first-order valence-electron chi connectivity index (χ1n) is 24.3. The zero-order valence-corrected chi connectivity index (χ0v) is 37.4. The van der Waals surface area contributed by atoms with Crippen LogP contribution in [0.3, 0.4) is 0 Å². The molecular weight excluding hydrogens is 757 g/mol. The van der Waals surface area contributed by atoms with E-state index in [1.54, 1.807) is 24.3 Å². The van der Waals surface area contributed by atoms with Crippen LogP contribution in [-0.4, -0.2) is 29.7 Å². The quantitative estimate of drug-likeness (QED) is 0.0477. The molecule has 2 aromatic rings. The van der Waals surface area contributed by atoms with Crippen molar-refractivity contribution in [1.29, 1.82) is 0 Å². The van der Waals surface area contributed by atoms with Crippen LogP contribution < -0.4 is 0 Å². The molecule has 0 aromatic heterocycles. The normalized spacial score (nSPS) is 18.3. The lowest BCUT2D eigenvalue weighted by molar-refractivity contribution is -0.409. The molecule has 4 rings (SSSR count). The minimum Gasteiger partial charge on any atom is -0.398 e. The highest BCUT2D eigenvalue weighted by molar-refractivity contribution is 5.89. The number of benzene rings is 2. The number of hydrogen-bond acceptors (Lipinski definition) is 9. The zero-order chi connectivity index (χ0) is 42.6. The van der Waals surface area contributed by atoms with Gasteiger partial charge in [-0.15, -0.1) is 9.78 Å². The Morgan fingerprint density at radius 2 is 0.717 bits per heavy atom. The maximum Gasteiger partial charge on any atom is 0.513 e. The molecule has 0 heterocycles. The predicted octanol–water partition coefficient (Wildman–Crippen LogP) is 15.0. The molecule has 9 nitrogen and oxygen atoms in total. The summed E-state index contributed by atoms with van der Waals surface area (Å²) < 4.78 is 12.4. The van der Waals surface area contributed by atoms with Gasteiger partial charge in [-0.25, -0.2) is 14.4 Å². The molecule has 9 heteroatoms. The molecule has 2 aromatic carbocycles. The summed E-state index contributed by atoms with van der Waals surface area (Å²) in [6.07, 6.45) is 29.6. The topological polar surface area (TPSA) is 107 Å². The smallest absolute Gasteiger partial charge is 0.398 e. The summed E-state index contributed by atoms with van der Waals surface area (Å²) in [5, 5.41) is 0. The van der Waals surface area contributed by atoms with Crippen LogP contribution in [0.2, 0.25) is 0 Å². The number of ether oxygens (including phenoxy) is 2. The van der Waals surface area contributed by atoms with E-state index in [4.69, 9.17) is 29.0 Å². The summed E-state index contributed by atoms with van der Waals surface area (Å²) in [6, 6.07) is 14.9. The largest absolute Gasteiger partial charge is 0.513 e. The number of unbranched alkanes of at least 4 members (excludes halogenated alkanes) is 6. The van der Waals surface area contributed by atoms with E-state index in [-0.39, 0.29) is 0 Å². The lowest BCUT2D eigenvalue weighted by Crippen LogP contribution is -2.44. The minimum atomic E-state index is -1.56. The van der Waals surface area contributed by atoms with Crippen LogP contribution in [0.15, 0.2) is 48.5 Å². The summed E-state index contributed by atoms with van der Waals surface area (Å²) in [6.45, 7) is 4.40. The maximum absolute atomic E-state index is 14.2. The standard InChI is InChI=1S/C51H78O9/c1-3-5-7-23-29-43-31-35-45(36-32-43)47(52)57-59-50(39-25-19-15-11-9-12-16-20-26-40-50)55-49(54)56-51(41-27-21-17-13-10-14-18-22-28-42-51)60-58-48(53)46-37-33-44(34-38-46)30-24-8-6-4-2/h31-38H,3-30,39-42H2,1-2H3. The molecule has 336 valence electrons. The Bertz CT molecular complexity index is 1340.